The minimum Gasteiger partial charge on any atom is -0.478 e. The van der Waals surface area contributed by atoms with Crippen molar-refractivity contribution < 1.29 is 14.7 Å². The van der Waals surface area contributed by atoms with Crippen molar-refractivity contribution in [2.75, 3.05) is 11.9 Å². The molecule has 6 heteroatoms. The number of aromatic carboxylic acids is 1. The Labute approximate surface area is 114 Å². The minimum atomic E-state index is -1.09. The number of hydrogen-bond donors (Lipinski definition) is 3. The molecule has 18 heavy (non-hydrogen) atoms. The summed E-state index contributed by atoms with van der Waals surface area (Å²) in [6, 6.07) is 4.29. The molecule has 0 saturated carbocycles. The van der Waals surface area contributed by atoms with Crippen LogP contribution in [0.15, 0.2) is 22.7 Å². The van der Waals surface area contributed by atoms with Crippen LogP contribution in [0.4, 0.5) is 10.5 Å². The molecule has 0 radical (unpaired) electrons. The van der Waals surface area contributed by atoms with Crippen LogP contribution in [0.3, 0.4) is 0 Å². The third-order valence-electron chi connectivity index (χ3n) is 2.15. The van der Waals surface area contributed by atoms with E-state index in [1.54, 1.807) is 12.1 Å². The number of halogens is 1. The highest BCUT2D eigenvalue weighted by atomic mass is 79.9. The monoisotopic (exact) mass is 314 g/mol. The fourth-order valence-electron chi connectivity index (χ4n) is 1.28. The molecular formula is C12H15BrN2O3. The van der Waals surface area contributed by atoms with Crippen LogP contribution in [0.5, 0.6) is 0 Å². The summed E-state index contributed by atoms with van der Waals surface area (Å²) in [5.74, 6) is -0.760. The highest BCUT2D eigenvalue weighted by molar-refractivity contribution is 9.10. The van der Waals surface area contributed by atoms with Crippen LogP contribution in [0.25, 0.3) is 0 Å². The van der Waals surface area contributed by atoms with Crippen molar-refractivity contribution in [1.82, 2.24) is 5.32 Å². The Morgan fingerprint density at radius 1 is 1.39 bits per heavy atom. The predicted octanol–water partition coefficient (Wildman–Crippen LogP) is 2.92. The Kier molecular flexibility index (Phi) is 5.15. The van der Waals surface area contributed by atoms with Gasteiger partial charge in [0.25, 0.3) is 0 Å². The van der Waals surface area contributed by atoms with E-state index >= 15 is 0 Å². The number of nitrogens with one attached hydrogen (secondary N) is 2. The lowest BCUT2D eigenvalue weighted by atomic mass is 10.2. The summed E-state index contributed by atoms with van der Waals surface area (Å²) < 4.78 is 0.530. The van der Waals surface area contributed by atoms with Gasteiger partial charge in [-0.15, -0.1) is 0 Å². The van der Waals surface area contributed by atoms with Gasteiger partial charge >= 0.3 is 12.0 Å². The van der Waals surface area contributed by atoms with Crippen molar-refractivity contribution in [3.05, 3.63) is 28.2 Å². The van der Waals surface area contributed by atoms with Crippen LogP contribution in [0, 0.1) is 5.92 Å². The second kappa shape index (κ2) is 6.39. The highest BCUT2D eigenvalue weighted by Gasteiger charge is 2.15. The zero-order valence-electron chi connectivity index (χ0n) is 10.2. The third-order valence-corrected chi connectivity index (χ3v) is 2.81. The average Bonchev–Trinajstić information content (AvgIpc) is 2.28. The Hall–Kier alpha value is -1.56. The molecule has 0 aliphatic heterocycles. The molecule has 3 N–H and O–H groups in total. The molecule has 5 nitrogen and oxygen atoms in total. The van der Waals surface area contributed by atoms with E-state index in [4.69, 9.17) is 5.11 Å². The molecule has 0 aliphatic rings. The Morgan fingerprint density at radius 3 is 2.61 bits per heavy atom. The molecule has 0 unspecified atom stereocenters. The lowest BCUT2D eigenvalue weighted by Gasteiger charge is -2.12. The van der Waals surface area contributed by atoms with E-state index in [0.29, 0.717) is 16.9 Å². The van der Waals surface area contributed by atoms with Gasteiger partial charge in [-0.3, -0.25) is 0 Å². The Bertz CT molecular complexity index is 461. The number of rotatable bonds is 4. The van der Waals surface area contributed by atoms with Gasteiger partial charge in [0.2, 0.25) is 0 Å². The molecule has 0 aromatic heterocycles. The van der Waals surface area contributed by atoms with Crippen molar-refractivity contribution in [2.45, 2.75) is 13.8 Å². The molecule has 0 atom stereocenters. The van der Waals surface area contributed by atoms with E-state index in [2.05, 4.69) is 26.6 Å². The maximum atomic E-state index is 11.6. The molecule has 2 amide bonds. The van der Waals surface area contributed by atoms with Gasteiger partial charge in [-0.2, -0.15) is 0 Å². The van der Waals surface area contributed by atoms with Crippen molar-refractivity contribution in [1.29, 1.82) is 0 Å². The molecule has 0 aliphatic carbocycles. The second-order valence-electron chi connectivity index (χ2n) is 4.20. The van der Waals surface area contributed by atoms with E-state index in [1.807, 2.05) is 13.8 Å². The number of anilines is 1. The Morgan fingerprint density at radius 2 is 2.06 bits per heavy atom. The topological polar surface area (TPSA) is 78.4 Å². The van der Waals surface area contributed by atoms with Crippen LogP contribution >= 0.6 is 15.9 Å². The molecule has 1 aromatic carbocycles. The predicted molar refractivity (Wildman–Crippen MR) is 73.0 cm³/mol. The van der Waals surface area contributed by atoms with Crippen molar-refractivity contribution in [3.8, 4) is 0 Å². The van der Waals surface area contributed by atoms with Gasteiger partial charge in [-0.1, -0.05) is 19.9 Å². The first-order valence-electron chi connectivity index (χ1n) is 5.48. The number of urea groups is 1. The normalized spacial score (nSPS) is 10.2. The van der Waals surface area contributed by atoms with Crippen molar-refractivity contribution in [3.63, 3.8) is 0 Å². The molecular weight excluding hydrogens is 300 g/mol. The quantitative estimate of drug-likeness (QED) is 0.799. The number of carbonyl (C=O) groups excluding carboxylic acids is 1. The van der Waals surface area contributed by atoms with Crippen LogP contribution in [0.2, 0.25) is 0 Å². The van der Waals surface area contributed by atoms with Crippen LogP contribution in [-0.4, -0.2) is 23.7 Å². The number of para-hydroxylation sites is 1. The maximum absolute atomic E-state index is 11.6. The van der Waals surface area contributed by atoms with E-state index in [9.17, 15) is 9.59 Å². The SMILES string of the molecule is CC(C)CNC(=O)Nc1c(Br)cccc1C(=O)O. The van der Waals surface area contributed by atoms with Gasteiger partial charge in [-0.25, -0.2) is 9.59 Å². The molecule has 0 heterocycles. The van der Waals surface area contributed by atoms with Crippen LogP contribution in [0.1, 0.15) is 24.2 Å². The lowest BCUT2D eigenvalue weighted by Crippen LogP contribution is -2.32. The zero-order chi connectivity index (χ0) is 13.7. The average molecular weight is 315 g/mol. The summed E-state index contributed by atoms with van der Waals surface area (Å²) >= 11 is 3.22. The van der Waals surface area contributed by atoms with E-state index in [-0.39, 0.29) is 11.3 Å². The van der Waals surface area contributed by atoms with E-state index in [1.165, 1.54) is 6.07 Å². The molecule has 0 saturated heterocycles. The number of amides is 2. The van der Waals surface area contributed by atoms with E-state index in [0.717, 1.165) is 0 Å². The van der Waals surface area contributed by atoms with Gasteiger partial charge in [0.15, 0.2) is 0 Å². The number of carboxylic acid groups (broad SMARTS) is 1. The molecule has 98 valence electrons. The third kappa shape index (κ3) is 4.03. The first-order chi connectivity index (χ1) is 8.41. The van der Waals surface area contributed by atoms with Crippen LogP contribution < -0.4 is 10.6 Å². The number of carbonyl (C=O) groups is 2. The van der Waals surface area contributed by atoms with Crippen molar-refractivity contribution in [2.24, 2.45) is 5.92 Å². The van der Waals surface area contributed by atoms with Gasteiger partial charge in [-0.05, 0) is 34.0 Å². The number of hydrogen-bond acceptors (Lipinski definition) is 2. The van der Waals surface area contributed by atoms with Gasteiger partial charge < -0.3 is 15.7 Å². The van der Waals surface area contributed by atoms with Gasteiger partial charge in [0.05, 0.1) is 11.3 Å². The summed E-state index contributed by atoms with van der Waals surface area (Å²) in [7, 11) is 0. The van der Waals surface area contributed by atoms with E-state index < -0.39 is 12.0 Å². The number of benzene rings is 1. The van der Waals surface area contributed by atoms with Gasteiger partial charge in [0, 0.05) is 11.0 Å². The summed E-state index contributed by atoms with van der Waals surface area (Å²) in [6.45, 7) is 4.47. The molecule has 0 fully saturated rings. The summed E-state index contributed by atoms with van der Waals surface area (Å²) in [5, 5.41) is 14.2. The second-order valence-corrected chi connectivity index (χ2v) is 5.05. The van der Waals surface area contributed by atoms with Gasteiger partial charge in [0.1, 0.15) is 0 Å². The standard InChI is InChI=1S/C12H15BrN2O3/c1-7(2)6-14-12(18)15-10-8(11(16)17)4-3-5-9(10)13/h3-5,7H,6H2,1-2H3,(H,16,17)(H2,14,15,18). The summed E-state index contributed by atoms with van der Waals surface area (Å²) in [5.41, 5.74) is 0.301. The highest BCUT2D eigenvalue weighted by Crippen LogP contribution is 2.26. The molecule has 0 spiro atoms. The lowest BCUT2D eigenvalue weighted by molar-refractivity contribution is 0.0698. The van der Waals surface area contributed by atoms with Crippen LogP contribution in [-0.2, 0) is 0 Å². The summed E-state index contributed by atoms with van der Waals surface area (Å²) in [6.07, 6.45) is 0. The fourth-order valence-corrected chi connectivity index (χ4v) is 1.75. The molecule has 0 bridgehead atoms. The zero-order valence-corrected chi connectivity index (χ0v) is 11.7. The largest absolute Gasteiger partial charge is 0.478 e. The Balaban J connectivity index is 2.83. The first kappa shape index (κ1) is 14.5. The maximum Gasteiger partial charge on any atom is 0.337 e. The molecule has 1 aromatic rings. The number of carboxylic acids is 1. The fraction of sp³-hybridized carbons (Fsp3) is 0.333. The smallest absolute Gasteiger partial charge is 0.337 e. The van der Waals surface area contributed by atoms with Crippen molar-refractivity contribution >= 4 is 33.6 Å². The first-order valence-corrected chi connectivity index (χ1v) is 6.27. The minimum absolute atomic E-state index is 0.0454. The summed E-state index contributed by atoms with van der Waals surface area (Å²) in [4.78, 5) is 22.6. The molecule has 1 rings (SSSR count).